The minimum absolute atomic E-state index is 0.597. The van der Waals surface area contributed by atoms with Crippen molar-refractivity contribution in [3.05, 3.63) is 65.7 Å². The van der Waals surface area contributed by atoms with Crippen molar-refractivity contribution in [3.63, 3.8) is 0 Å². The summed E-state index contributed by atoms with van der Waals surface area (Å²) in [5.74, 6) is 2.58. The molecule has 3 rings (SSSR count). The first kappa shape index (κ1) is 20.5. The number of rotatable bonds is 7. The van der Waals surface area contributed by atoms with Crippen molar-refractivity contribution in [1.82, 2.24) is 15.6 Å². The van der Waals surface area contributed by atoms with Gasteiger partial charge in [0.05, 0.1) is 19.2 Å². The number of nitrogens with zero attached hydrogens (tertiary/aromatic N) is 3. The average Bonchev–Trinajstić information content (AvgIpc) is 2.75. The maximum Gasteiger partial charge on any atom is 0.191 e. The first-order valence-electron chi connectivity index (χ1n) is 9.81. The van der Waals surface area contributed by atoms with Gasteiger partial charge in [-0.3, -0.25) is 0 Å². The van der Waals surface area contributed by atoms with E-state index >= 15 is 0 Å². The van der Waals surface area contributed by atoms with Crippen LogP contribution >= 0.6 is 0 Å². The number of ether oxygens (including phenoxy) is 1. The lowest BCUT2D eigenvalue weighted by Crippen LogP contribution is -2.36. The van der Waals surface area contributed by atoms with Crippen molar-refractivity contribution in [2.45, 2.75) is 20.0 Å². The number of fused-ring (bicyclic) bond motifs is 1. The Labute approximate surface area is 172 Å². The Kier molecular flexibility index (Phi) is 6.89. The molecule has 2 aromatic carbocycles. The third-order valence-electron chi connectivity index (χ3n) is 4.62. The number of nitrogens with one attached hydrogen (secondary N) is 2. The van der Waals surface area contributed by atoms with Crippen LogP contribution in [-0.4, -0.2) is 38.7 Å². The summed E-state index contributed by atoms with van der Waals surface area (Å²) in [5.41, 5.74) is 3.32. The summed E-state index contributed by atoms with van der Waals surface area (Å²) >= 11 is 0. The summed E-state index contributed by atoms with van der Waals surface area (Å²) in [5, 5.41) is 7.92. The highest BCUT2D eigenvalue weighted by Crippen LogP contribution is 2.22. The molecule has 0 aliphatic heterocycles. The van der Waals surface area contributed by atoms with Crippen LogP contribution in [0.25, 0.3) is 10.9 Å². The fourth-order valence-electron chi connectivity index (χ4n) is 3.03. The Morgan fingerprint density at radius 2 is 1.83 bits per heavy atom. The number of aromatic nitrogens is 1. The Hall–Kier alpha value is -3.28. The van der Waals surface area contributed by atoms with Gasteiger partial charge in [-0.15, -0.1) is 0 Å². The van der Waals surface area contributed by atoms with E-state index < -0.39 is 0 Å². The molecule has 0 bridgehead atoms. The second-order valence-corrected chi connectivity index (χ2v) is 6.95. The normalized spacial score (nSPS) is 11.4. The number of hydrogen-bond acceptors (Lipinski definition) is 4. The highest BCUT2D eigenvalue weighted by molar-refractivity contribution is 5.85. The zero-order valence-corrected chi connectivity index (χ0v) is 17.6. The molecule has 2 N–H and O–H groups in total. The van der Waals surface area contributed by atoms with Gasteiger partial charge >= 0.3 is 0 Å². The molecule has 0 saturated heterocycles. The highest BCUT2D eigenvalue weighted by Gasteiger charge is 2.08. The van der Waals surface area contributed by atoms with Gasteiger partial charge in [0.1, 0.15) is 11.6 Å². The molecule has 1 heterocycles. The summed E-state index contributed by atoms with van der Waals surface area (Å²) < 4.78 is 5.21. The van der Waals surface area contributed by atoms with Gasteiger partial charge in [-0.25, -0.2) is 9.98 Å². The highest BCUT2D eigenvalue weighted by atomic mass is 16.5. The van der Waals surface area contributed by atoms with E-state index in [0.717, 1.165) is 40.5 Å². The van der Waals surface area contributed by atoms with Gasteiger partial charge in [0.15, 0.2) is 5.96 Å². The summed E-state index contributed by atoms with van der Waals surface area (Å²) in [6, 6.07) is 18.3. The molecule has 0 saturated carbocycles. The van der Waals surface area contributed by atoms with Crippen LogP contribution in [-0.2, 0) is 13.1 Å². The Morgan fingerprint density at radius 1 is 1.07 bits per heavy atom. The van der Waals surface area contributed by atoms with Gasteiger partial charge in [0.2, 0.25) is 0 Å². The molecule has 0 aliphatic carbocycles. The fourth-order valence-corrected chi connectivity index (χ4v) is 3.03. The van der Waals surface area contributed by atoms with Gasteiger partial charge in [0, 0.05) is 32.6 Å². The number of hydrogen-bond donors (Lipinski definition) is 2. The molecule has 0 spiro atoms. The lowest BCUT2D eigenvalue weighted by Gasteiger charge is -2.17. The molecular weight excluding hydrogens is 362 g/mol. The van der Waals surface area contributed by atoms with E-state index in [9.17, 15) is 0 Å². The number of guanidine groups is 1. The minimum atomic E-state index is 0.597. The first-order valence-corrected chi connectivity index (χ1v) is 9.81. The van der Waals surface area contributed by atoms with Crippen molar-refractivity contribution >= 4 is 22.7 Å². The molecule has 0 amide bonds. The predicted octanol–water partition coefficient (Wildman–Crippen LogP) is 3.56. The molecule has 0 atom stereocenters. The molecule has 0 fully saturated rings. The van der Waals surface area contributed by atoms with Crippen LogP contribution in [0.4, 0.5) is 5.82 Å². The number of benzene rings is 2. The molecule has 152 valence electrons. The zero-order chi connectivity index (χ0) is 20.6. The lowest BCUT2D eigenvalue weighted by atomic mass is 10.1. The van der Waals surface area contributed by atoms with E-state index in [-0.39, 0.29) is 0 Å². The first-order chi connectivity index (χ1) is 14.1. The molecule has 0 aliphatic rings. The SMILES string of the molecule is CCNC(=NCc1ccc(OC)cc1)NCc1cc(N(C)C)nc2ccccc12. The minimum Gasteiger partial charge on any atom is -0.497 e. The zero-order valence-electron chi connectivity index (χ0n) is 17.6. The number of aliphatic imine (C=N–C) groups is 1. The van der Waals surface area contributed by atoms with Crippen molar-refractivity contribution in [2.75, 3.05) is 32.6 Å². The van der Waals surface area contributed by atoms with Gasteiger partial charge < -0.3 is 20.3 Å². The molecule has 6 nitrogen and oxygen atoms in total. The average molecular weight is 392 g/mol. The largest absolute Gasteiger partial charge is 0.497 e. The van der Waals surface area contributed by atoms with Crippen LogP contribution in [0.3, 0.4) is 0 Å². The van der Waals surface area contributed by atoms with E-state index in [1.807, 2.05) is 55.4 Å². The second kappa shape index (κ2) is 9.78. The summed E-state index contributed by atoms with van der Waals surface area (Å²) in [4.78, 5) is 11.5. The maximum absolute atomic E-state index is 5.21. The second-order valence-electron chi connectivity index (χ2n) is 6.95. The Morgan fingerprint density at radius 3 is 2.52 bits per heavy atom. The fraction of sp³-hybridized carbons (Fsp3) is 0.304. The number of methoxy groups -OCH3 is 1. The van der Waals surface area contributed by atoms with Crippen molar-refractivity contribution in [1.29, 1.82) is 0 Å². The topological polar surface area (TPSA) is 61.8 Å². The Balaban J connectivity index is 1.77. The molecular formula is C23H29N5O. The Bertz CT molecular complexity index is 967. The van der Waals surface area contributed by atoms with Crippen molar-refractivity contribution in [3.8, 4) is 5.75 Å². The molecule has 1 aromatic heterocycles. The summed E-state index contributed by atoms with van der Waals surface area (Å²) in [6.07, 6.45) is 0. The third-order valence-corrected chi connectivity index (χ3v) is 4.62. The van der Waals surface area contributed by atoms with Crippen LogP contribution in [0, 0.1) is 0 Å². The number of para-hydroxylation sites is 1. The lowest BCUT2D eigenvalue weighted by molar-refractivity contribution is 0.414. The van der Waals surface area contributed by atoms with Crippen molar-refractivity contribution < 1.29 is 4.74 Å². The van der Waals surface area contributed by atoms with Gasteiger partial charge in [-0.2, -0.15) is 0 Å². The van der Waals surface area contributed by atoms with Crippen LogP contribution in [0.2, 0.25) is 0 Å². The van der Waals surface area contributed by atoms with Crippen LogP contribution in [0.1, 0.15) is 18.1 Å². The van der Waals surface area contributed by atoms with Gasteiger partial charge in [-0.05, 0) is 42.3 Å². The molecule has 0 unspecified atom stereocenters. The maximum atomic E-state index is 5.21. The van der Waals surface area contributed by atoms with Crippen LogP contribution in [0.5, 0.6) is 5.75 Å². The standard InChI is InChI=1S/C23H29N5O/c1-5-24-23(25-15-17-10-12-19(29-4)13-11-17)26-16-18-14-22(28(2)3)27-21-9-7-6-8-20(18)21/h6-14H,5,15-16H2,1-4H3,(H2,24,25,26). The predicted molar refractivity (Wildman–Crippen MR) is 121 cm³/mol. The molecule has 29 heavy (non-hydrogen) atoms. The van der Waals surface area contributed by atoms with E-state index in [0.29, 0.717) is 13.1 Å². The molecule has 6 heteroatoms. The summed E-state index contributed by atoms with van der Waals surface area (Å²) in [6.45, 7) is 4.13. The van der Waals surface area contributed by atoms with E-state index in [1.165, 1.54) is 5.56 Å². The van der Waals surface area contributed by atoms with Gasteiger partial charge in [0.25, 0.3) is 0 Å². The van der Waals surface area contributed by atoms with Crippen molar-refractivity contribution in [2.24, 2.45) is 4.99 Å². The van der Waals surface area contributed by atoms with Crippen LogP contribution in [0.15, 0.2) is 59.6 Å². The van der Waals surface area contributed by atoms with E-state index in [1.54, 1.807) is 7.11 Å². The smallest absolute Gasteiger partial charge is 0.191 e. The quantitative estimate of drug-likeness (QED) is 0.476. The monoisotopic (exact) mass is 391 g/mol. The van der Waals surface area contributed by atoms with E-state index in [4.69, 9.17) is 14.7 Å². The van der Waals surface area contributed by atoms with Crippen LogP contribution < -0.4 is 20.3 Å². The van der Waals surface area contributed by atoms with E-state index in [2.05, 4.69) is 35.8 Å². The summed E-state index contributed by atoms with van der Waals surface area (Å²) in [7, 11) is 5.69. The van der Waals surface area contributed by atoms with Gasteiger partial charge in [-0.1, -0.05) is 30.3 Å². The molecule has 3 aromatic rings. The number of anilines is 1. The molecule has 0 radical (unpaired) electrons. The third kappa shape index (κ3) is 5.38. The number of pyridine rings is 1.